The minimum atomic E-state index is -0.1000. The standard InChI is InChI=1S/C33H24N2O/c1-33(2)26-14-7-6-11-21(26)25-17-28-29(18-27(25)33)35-31(34-28)23-16-15-20(19-9-4-3-5-10-19)22-12-8-13-24(30(22)23)32(35)36/h3-18,28-29H,1-2H3. The molecule has 36 heavy (non-hydrogen) atoms. The lowest BCUT2D eigenvalue weighted by Crippen LogP contribution is -2.35. The molecule has 3 heteroatoms. The van der Waals surface area contributed by atoms with Gasteiger partial charge in [-0.3, -0.25) is 14.4 Å². The van der Waals surface area contributed by atoms with Crippen LogP contribution in [-0.4, -0.2) is 10.6 Å². The van der Waals surface area contributed by atoms with Crippen LogP contribution in [0.4, 0.5) is 0 Å². The van der Waals surface area contributed by atoms with Crippen molar-refractivity contribution in [1.82, 2.24) is 4.57 Å². The zero-order valence-corrected chi connectivity index (χ0v) is 20.2. The Kier molecular flexibility index (Phi) is 3.72. The van der Waals surface area contributed by atoms with Crippen LogP contribution in [0.1, 0.15) is 31.0 Å². The van der Waals surface area contributed by atoms with Crippen LogP contribution in [0.25, 0.3) is 38.2 Å². The average molecular weight is 465 g/mol. The van der Waals surface area contributed by atoms with Gasteiger partial charge in [0.05, 0.1) is 12.1 Å². The number of aromatic nitrogens is 1. The molecule has 8 rings (SSSR count). The molecule has 2 atom stereocenters. The minimum absolute atomic E-state index is 0.0478. The van der Waals surface area contributed by atoms with Crippen molar-refractivity contribution in [2.75, 3.05) is 0 Å². The van der Waals surface area contributed by atoms with Crippen molar-refractivity contribution < 1.29 is 0 Å². The largest absolute Gasteiger partial charge is 0.283 e. The Bertz CT molecular complexity index is 1940. The molecule has 3 nitrogen and oxygen atoms in total. The summed E-state index contributed by atoms with van der Waals surface area (Å²) in [7, 11) is 0. The molecule has 0 bridgehead atoms. The predicted molar refractivity (Wildman–Crippen MR) is 146 cm³/mol. The molecule has 0 N–H and O–H groups in total. The van der Waals surface area contributed by atoms with Crippen molar-refractivity contribution in [2.24, 2.45) is 4.99 Å². The molecule has 0 radical (unpaired) electrons. The lowest BCUT2D eigenvalue weighted by molar-refractivity contribution is 0.559. The highest BCUT2D eigenvalue weighted by Gasteiger charge is 2.43. The molecular formula is C33H24N2O. The molecule has 2 heterocycles. The Hall–Kier alpha value is -4.24. The maximum atomic E-state index is 14.1. The van der Waals surface area contributed by atoms with Crippen LogP contribution in [-0.2, 0) is 5.41 Å². The summed E-state index contributed by atoms with van der Waals surface area (Å²) >= 11 is 0. The van der Waals surface area contributed by atoms with Crippen LogP contribution in [0, 0.1) is 0 Å². The van der Waals surface area contributed by atoms with Crippen LogP contribution < -0.4 is 11.0 Å². The van der Waals surface area contributed by atoms with Gasteiger partial charge in [-0.1, -0.05) is 92.7 Å². The second kappa shape index (κ2) is 6.70. The van der Waals surface area contributed by atoms with E-state index in [9.17, 15) is 4.79 Å². The SMILES string of the molecule is CC1(C)C2=CC3C(C=C2c2ccccc21)N=c1c2ccc(-c4ccccc4)c4cccc(c(=O)n13)c42. The van der Waals surface area contributed by atoms with Crippen LogP contribution >= 0.6 is 0 Å². The topological polar surface area (TPSA) is 34.4 Å². The molecule has 1 aliphatic heterocycles. The highest BCUT2D eigenvalue weighted by molar-refractivity contribution is 6.14. The average Bonchev–Trinajstić information content (AvgIpc) is 3.39. The van der Waals surface area contributed by atoms with Crippen molar-refractivity contribution in [3.63, 3.8) is 0 Å². The van der Waals surface area contributed by atoms with E-state index in [1.54, 1.807) is 0 Å². The number of benzene rings is 4. The van der Waals surface area contributed by atoms with Gasteiger partial charge in [0.2, 0.25) is 0 Å². The summed E-state index contributed by atoms with van der Waals surface area (Å²) in [5.74, 6) is 0. The first-order valence-corrected chi connectivity index (χ1v) is 12.6. The van der Waals surface area contributed by atoms with Crippen LogP contribution in [0.15, 0.2) is 112 Å². The maximum Gasteiger partial charge on any atom is 0.260 e. The van der Waals surface area contributed by atoms with Gasteiger partial charge in [0.1, 0.15) is 5.49 Å². The van der Waals surface area contributed by atoms with E-state index in [-0.39, 0.29) is 23.1 Å². The van der Waals surface area contributed by atoms with Gasteiger partial charge in [-0.2, -0.15) is 0 Å². The quantitative estimate of drug-likeness (QED) is 0.283. The van der Waals surface area contributed by atoms with Crippen LogP contribution in [0.5, 0.6) is 0 Å². The van der Waals surface area contributed by atoms with Crippen molar-refractivity contribution in [1.29, 1.82) is 0 Å². The first kappa shape index (κ1) is 20.0. The third kappa shape index (κ3) is 2.38. The van der Waals surface area contributed by atoms with Crippen LogP contribution in [0.2, 0.25) is 0 Å². The smallest absolute Gasteiger partial charge is 0.260 e. The third-order valence-electron chi connectivity index (χ3n) is 8.49. The van der Waals surface area contributed by atoms with E-state index in [0.717, 1.165) is 38.2 Å². The summed E-state index contributed by atoms with van der Waals surface area (Å²) in [5, 5.41) is 3.94. The van der Waals surface area contributed by atoms with Gasteiger partial charge in [-0.05, 0) is 57.0 Å². The van der Waals surface area contributed by atoms with E-state index in [0.29, 0.717) is 0 Å². The molecule has 0 saturated carbocycles. The molecule has 0 amide bonds. The second-order valence-electron chi connectivity index (χ2n) is 10.7. The number of nitrogens with zero attached hydrogens (tertiary/aromatic N) is 2. The third-order valence-corrected chi connectivity index (χ3v) is 8.49. The fraction of sp³-hybridized carbons (Fsp3) is 0.152. The normalized spacial score (nSPS) is 20.8. The van der Waals surface area contributed by atoms with Gasteiger partial charge >= 0.3 is 0 Å². The van der Waals surface area contributed by atoms with Crippen molar-refractivity contribution in [3.05, 3.63) is 130 Å². The molecule has 172 valence electrons. The van der Waals surface area contributed by atoms with E-state index >= 15 is 0 Å². The minimum Gasteiger partial charge on any atom is -0.283 e. The highest BCUT2D eigenvalue weighted by atomic mass is 16.1. The monoisotopic (exact) mass is 464 g/mol. The second-order valence-corrected chi connectivity index (χ2v) is 10.7. The first-order chi connectivity index (χ1) is 17.5. The molecule has 0 spiro atoms. The fourth-order valence-corrected chi connectivity index (χ4v) is 6.79. The predicted octanol–water partition coefficient (Wildman–Crippen LogP) is 6.40. The van der Waals surface area contributed by atoms with Crippen LogP contribution in [0.3, 0.4) is 0 Å². The Morgan fingerprint density at radius 3 is 2.39 bits per heavy atom. The Morgan fingerprint density at radius 1 is 0.750 bits per heavy atom. The molecule has 2 unspecified atom stereocenters. The van der Waals surface area contributed by atoms with E-state index in [2.05, 4.69) is 92.7 Å². The number of hydrogen-bond donors (Lipinski definition) is 0. The first-order valence-electron chi connectivity index (χ1n) is 12.6. The van der Waals surface area contributed by atoms with Gasteiger partial charge < -0.3 is 0 Å². The molecule has 0 fully saturated rings. The summed E-state index contributed by atoms with van der Waals surface area (Å²) in [6, 6.07) is 29.3. The number of rotatable bonds is 1. The number of fused-ring (bicyclic) bond motifs is 7. The molecule has 2 aliphatic carbocycles. The molecule has 1 aromatic heterocycles. The van der Waals surface area contributed by atoms with Gasteiger partial charge in [0, 0.05) is 21.6 Å². The zero-order chi connectivity index (χ0) is 24.2. The molecule has 3 aliphatic rings. The van der Waals surface area contributed by atoms with E-state index < -0.39 is 0 Å². The van der Waals surface area contributed by atoms with Gasteiger partial charge in [-0.25, -0.2) is 0 Å². The number of allylic oxidation sites excluding steroid dienone is 2. The lowest BCUT2D eigenvalue weighted by atomic mass is 9.79. The summed E-state index contributed by atoms with van der Waals surface area (Å²) in [4.78, 5) is 19.2. The van der Waals surface area contributed by atoms with Gasteiger partial charge in [0.15, 0.2) is 0 Å². The Labute approximate surface area is 208 Å². The van der Waals surface area contributed by atoms with Crippen molar-refractivity contribution >= 4 is 27.1 Å². The summed E-state index contributed by atoms with van der Waals surface area (Å²) in [6.07, 6.45) is 4.62. The maximum absolute atomic E-state index is 14.1. The molecule has 5 aromatic rings. The van der Waals surface area contributed by atoms with E-state index in [1.165, 1.54) is 22.3 Å². The van der Waals surface area contributed by atoms with E-state index in [4.69, 9.17) is 4.99 Å². The number of pyridine rings is 1. The molecular weight excluding hydrogens is 440 g/mol. The highest BCUT2D eigenvalue weighted by Crippen LogP contribution is 2.52. The van der Waals surface area contributed by atoms with Gasteiger partial charge in [0.25, 0.3) is 5.56 Å². The van der Waals surface area contributed by atoms with Gasteiger partial charge in [-0.15, -0.1) is 0 Å². The summed E-state index contributed by atoms with van der Waals surface area (Å²) < 4.78 is 1.95. The zero-order valence-electron chi connectivity index (χ0n) is 20.2. The lowest BCUT2D eigenvalue weighted by Gasteiger charge is -2.28. The molecule has 0 saturated heterocycles. The van der Waals surface area contributed by atoms with E-state index in [1.807, 2.05) is 22.8 Å². The summed E-state index contributed by atoms with van der Waals surface area (Å²) in [5.41, 5.74) is 8.27. The molecule has 4 aromatic carbocycles. The Balaban J connectivity index is 1.42. The summed E-state index contributed by atoms with van der Waals surface area (Å²) in [6.45, 7) is 4.57. The fourth-order valence-electron chi connectivity index (χ4n) is 6.79. The van der Waals surface area contributed by atoms with Crippen molar-refractivity contribution in [3.8, 4) is 11.1 Å². The Morgan fingerprint density at radius 2 is 1.53 bits per heavy atom. The van der Waals surface area contributed by atoms with Crippen molar-refractivity contribution in [2.45, 2.75) is 31.3 Å². The number of hydrogen-bond acceptors (Lipinski definition) is 2.